The number of carboxylic acid groups (broad SMARTS) is 2. The smallest absolute Gasteiger partial charge is 0.325 e. The van der Waals surface area contributed by atoms with E-state index in [1.807, 2.05) is 66.7 Å². The van der Waals surface area contributed by atoms with Crippen LogP contribution in [0.4, 0.5) is 17.1 Å². The number of aliphatic hydroxyl groups excluding tert-OH is 1. The zero-order chi connectivity index (χ0) is 52.8. The first-order valence-electron chi connectivity index (χ1n) is 24.4. The van der Waals surface area contributed by atoms with E-state index in [1.54, 1.807) is 27.0 Å². The molecule has 1 amide bonds. The van der Waals surface area contributed by atoms with Crippen LogP contribution in [-0.2, 0) is 14.4 Å². The fourth-order valence-corrected chi connectivity index (χ4v) is 8.44. The molecule has 7 aromatic rings. The Hall–Kier alpha value is -9.45. The van der Waals surface area contributed by atoms with Crippen LogP contribution in [0.3, 0.4) is 0 Å². The summed E-state index contributed by atoms with van der Waals surface area (Å²) in [4.78, 5) is 37.2. The number of aliphatic hydroxyl groups is 1. The number of aryl methyl sites for hydroxylation is 1. The Morgan fingerprint density at radius 1 is 0.573 bits per heavy atom. The number of hydrazone groups is 2. The lowest BCUT2D eigenvalue weighted by Crippen LogP contribution is -2.28. The second-order valence-electron chi connectivity index (χ2n) is 18.1. The quantitative estimate of drug-likeness (QED) is 0.0314. The van der Waals surface area contributed by atoms with Crippen molar-refractivity contribution in [2.24, 2.45) is 10.2 Å². The van der Waals surface area contributed by atoms with Crippen molar-refractivity contribution in [2.45, 2.75) is 20.8 Å². The lowest BCUT2D eigenvalue weighted by atomic mass is 9.95. The van der Waals surface area contributed by atoms with Crippen LogP contribution in [0.2, 0.25) is 0 Å². The average Bonchev–Trinajstić information content (AvgIpc) is 3.67. The Morgan fingerprint density at radius 3 is 1.49 bits per heavy atom. The van der Waals surface area contributed by atoms with Crippen LogP contribution < -0.4 is 4.90 Å². The van der Waals surface area contributed by atoms with Gasteiger partial charge in [-0.1, -0.05) is 169 Å². The maximum Gasteiger partial charge on any atom is 0.325 e. The molecule has 8 rings (SSSR count). The van der Waals surface area contributed by atoms with E-state index in [2.05, 4.69) is 168 Å². The van der Waals surface area contributed by atoms with E-state index in [0.717, 1.165) is 77.7 Å². The minimum atomic E-state index is -1.12. The van der Waals surface area contributed by atoms with Gasteiger partial charge in [0.15, 0.2) is 0 Å². The van der Waals surface area contributed by atoms with Gasteiger partial charge in [0.25, 0.3) is 5.91 Å². The number of likely N-dealkylation sites (N-methyl/N-ethyl adjacent to an activating group) is 1. The summed E-state index contributed by atoms with van der Waals surface area (Å²) < 4.78 is 0. The molecule has 0 saturated heterocycles. The second-order valence-corrected chi connectivity index (χ2v) is 18.1. The zero-order valence-electron chi connectivity index (χ0n) is 42.2. The lowest BCUT2D eigenvalue weighted by molar-refractivity contribution is -0.142. The van der Waals surface area contributed by atoms with Gasteiger partial charge >= 0.3 is 11.9 Å². The number of carbonyl (C=O) groups is 3. The molecule has 374 valence electrons. The molecular formula is C64H57N5O6. The molecular weight excluding hydrogens is 935 g/mol. The highest BCUT2D eigenvalue weighted by molar-refractivity contribution is 6.27. The molecule has 11 nitrogen and oxygen atoms in total. The topological polar surface area (TPSA) is 146 Å². The summed E-state index contributed by atoms with van der Waals surface area (Å²) in [5.41, 5.74) is 16.4. The normalized spacial score (nSPS) is 13.7. The third kappa shape index (κ3) is 14.0. The van der Waals surface area contributed by atoms with E-state index in [-0.39, 0.29) is 13.2 Å². The molecule has 0 aliphatic carbocycles. The molecule has 1 heterocycles. The number of hydrogen-bond acceptors (Lipinski definition) is 8. The summed E-state index contributed by atoms with van der Waals surface area (Å²) in [5, 5.41) is 38.9. The lowest BCUT2D eigenvalue weighted by Gasteiger charge is -2.26. The minimum Gasteiger partial charge on any atom is -0.480 e. The Labute approximate surface area is 437 Å². The molecule has 0 radical (unpaired) electrons. The van der Waals surface area contributed by atoms with Crippen molar-refractivity contribution >= 4 is 94.4 Å². The van der Waals surface area contributed by atoms with Crippen molar-refractivity contribution in [1.29, 1.82) is 0 Å². The highest BCUT2D eigenvalue weighted by Crippen LogP contribution is 2.36. The molecule has 7 aromatic carbocycles. The molecule has 11 heteroatoms. The van der Waals surface area contributed by atoms with Gasteiger partial charge in [-0.15, -0.1) is 0 Å². The fourth-order valence-electron chi connectivity index (χ4n) is 8.44. The molecule has 0 atom stereocenters. The first-order chi connectivity index (χ1) is 36.3. The number of anilines is 3. The van der Waals surface area contributed by atoms with E-state index in [9.17, 15) is 19.5 Å². The van der Waals surface area contributed by atoms with Crippen molar-refractivity contribution in [1.82, 2.24) is 10.0 Å². The van der Waals surface area contributed by atoms with Gasteiger partial charge in [0.05, 0.1) is 23.6 Å². The summed E-state index contributed by atoms with van der Waals surface area (Å²) in [5.74, 6) is -2.54. The minimum absolute atomic E-state index is 0.235. The highest BCUT2D eigenvalue weighted by atomic mass is 16.4. The van der Waals surface area contributed by atoms with E-state index < -0.39 is 24.4 Å². The number of rotatable bonds is 19. The zero-order valence-corrected chi connectivity index (χ0v) is 42.2. The largest absolute Gasteiger partial charge is 0.480 e. The molecule has 0 bridgehead atoms. The Balaban J connectivity index is 1.03. The van der Waals surface area contributed by atoms with E-state index >= 15 is 0 Å². The van der Waals surface area contributed by atoms with Gasteiger partial charge in [-0.25, -0.2) is 5.01 Å². The monoisotopic (exact) mass is 991 g/mol. The number of benzene rings is 7. The van der Waals surface area contributed by atoms with Crippen LogP contribution in [0, 0.1) is 6.92 Å². The number of hydrogen-bond donors (Lipinski definition) is 3. The van der Waals surface area contributed by atoms with Crippen LogP contribution in [0.1, 0.15) is 69.5 Å². The highest BCUT2D eigenvalue weighted by Gasteiger charge is 2.28. The third-order valence-corrected chi connectivity index (χ3v) is 12.4. The van der Waals surface area contributed by atoms with Gasteiger partial charge in [-0.2, -0.15) is 10.2 Å². The van der Waals surface area contributed by atoms with Crippen molar-refractivity contribution in [3.05, 3.63) is 243 Å². The van der Waals surface area contributed by atoms with Crippen LogP contribution in [-0.4, -0.2) is 81.4 Å². The second kappa shape index (κ2) is 24.3. The maximum absolute atomic E-state index is 12.8. The number of carboxylic acids is 2. The predicted octanol–water partition coefficient (Wildman–Crippen LogP) is 12.8. The van der Waals surface area contributed by atoms with Gasteiger partial charge < -0.3 is 20.2 Å². The molecule has 1 aliphatic heterocycles. The summed E-state index contributed by atoms with van der Waals surface area (Å²) in [6.07, 6.45) is 14.0. The van der Waals surface area contributed by atoms with Gasteiger partial charge in [0.2, 0.25) is 0 Å². The summed E-state index contributed by atoms with van der Waals surface area (Å²) >= 11 is 0. The van der Waals surface area contributed by atoms with Crippen LogP contribution in [0.15, 0.2) is 197 Å². The van der Waals surface area contributed by atoms with Crippen LogP contribution in [0.5, 0.6) is 0 Å². The van der Waals surface area contributed by atoms with E-state index in [1.165, 1.54) is 10.6 Å². The number of aliphatic carboxylic acids is 2. The van der Waals surface area contributed by atoms with Gasteiger partial charge in [-0.3, -0.25) is 19.4 Å². The average molecular weight is 992 g/mol. The molecule has 3 N–H and O–H groups in total. The molecule has 0 aromatic heterocycles. The van der Waals surface area contributed by atoms with Crippen molar-refractivity contribution in [3.63, 3.8) is 0 Å². The number of nitrogens with zero attached hydrogens (tertiary/aromatic N) is 5. The molecule has 0 unspecified atom stereocenters. The molecule has 1 aliphatic rings. The Morgan fingerprint density at radius 2 is 1.01 bits per heavy atom. The summed E-state index contributed by atoms with van der Waals surface area (Å²) in [6.45, 7) is 4.58. The number of carbonyl (C=O) groups excluding carboxylic acids is 1. The van der Waals surface area contributed by atoms with E-state index in [0.29, 0.717) is 22.6 Å². The SMILES string of the molecule is CC1=NN(CC(=O)O)C(=O)/C1=C/c1ccc(/C=C/c2ccc(N(c3ccc(/C=C(/c4ccccc4)c4ccc(C)cc4)cc3)c3ccc(/C=C/c4ccc(/C=C(CO)/C(C)=N\N(C)CC(=O)O)cc4)cc3)cc2)cc1. The first kappa shape index (κ1) is 51.9. The van der Waals surface area contributed by atoms with Crippen molar-refractivity contribution < 1.29 is 29.7 Å². The summed E-state index contributed by atoms with van der Waals surface area (Å²) in [7, 11) is 1.58. The van der Waals surface area contributed by atoms with Crippen molar-refractivity contribution in [3.8, 4) is 0 Å². The Bertz CT molecular complexity index is 3370. The molecule has 0 saturated carbocycles. The molecule has 75 heavy (non-hydrogen) atoms. The van der Waals surface area contributed by atoms with Gasteiger partial charge in [-0.05, 0) is 131 Å². The van der Waals surface area contributed by atoms with E-state index in [4.69, 9.17) is 10.2 Å². The first-order valence-corrected chi connectivity index (χ1v) is 24.4. The number of amides is 1. The van der Waals surface area contributed by atoms with Gasteiger partial charge in [0, 0.05) is 29.7 Å². The van der Waals surface area contributed by atoms with Crippen molar-refractivity contribution in [2.75, 3.05) is 31.6 Å². The van der Waals surface area contributed by atoms with Crippen LogP contribution in [0.25, 0.3) is 48.1 Å². The summed E-state index contributed by atoms with van der Waals surface area (Å²) in [6, 6.07) is 60.3. The third-order valence-electron chi connectivity index (χ3n) is 12.4. The molecule has 0 spiro atoms. The van der Waals surface area contributed by atoms with Crippen LogP contribution >= 0.6 is 0 Å². The maximum atomic E-state index is 12.8. The molecule has 0 fully saturated rings. The fraction of sp³-hybridized carbons (Fsp3) is 0.109. The standard InChI is InChI=1S/C64H57N5O6/c1-44-10-30-55(31-11-44)61(54-8-6-5-7-9-54)40-53-28-36-59(37-29-53)69(57-32-24-49(25-33-57)14-12-47-16-20-51(21-17-47)38-56(43-70)45(2)65-67(4)41-62(71)72)58-34-26-50(27-35-58)15-13-48-18-22-52(23-19-48)39-60-46(3)66-68(64(60)75)42-63(73)74/h5-40,70H,41-43H2,1-4H3,(H,71,72)(H,73,74)/b14-12+,15-13+,56-38+,60-39+,61-40-,65-45-. The Kier molecular flexibility index (Phi) is 16.8. The predicted molar refractivity (Wildman–Crippen MR) is 305 cm³/mol. The van der Waals surface area contributed by atoms with Gasteiger partial charge in [0.1, 0.15) is 13.1 Å².